The molecule has 114 valence electrons. The van der Waals surface area contributed by atoms with Gasteiger partial charge in [0.1, 0.15) is 0 Å². The Hall–Kier alpha value is -1.75. The van der Waals surface area contributed by atoms with Crippen LogP contribution < -0.4 is 10.9 Å². The van der Waals surface area contributed by atoms with Gasteiger partial charge < -0.3 is 0 Å². The predicted octanol–water partition coefficient (Wildman–Crippen LogP) is 3.65. The van der Waals surface area contributed by atoms with Gasteiger partial charge in [-0.3, -0.25) is 20.4 Å². The van der Waals surface area contributed by atoms with E-state index < -0.39 is 11.8 Å². The third-order valence-electron chi connectivity index (χ3n) is 2.80. The zero-order valence-electron chi connectivity index (χ0n) is 11.2. The molecule has 2 N–H and O–H groups in total. The van der Waals surface area contributed by atoms with Crippen LogP contribution >= 0.6 is 34.8 Å². The standard InChI is InChI=1S/C15H11Cl3N2O2/c16-10-4-1-3-9(7-10)15(22)20-19-14(21)8-11-12(17)5-2-6-13(11)18/h1-7H,8H2,(H,19,21)(H,20,22). The van der Waals surface area contributed by atoms with Crippen molar-refractivity contribution in [3.63, 3.8) is 0 Å². The van der Waals surface area contributed by atoms with E-state index in [1.165, 1.54) is 6.07 Å². The van der Waals surface area contributed by atoms with Crippen LogP contribution in [0.4, 0.5) is 0 Å². The molecule has 4 nitrogen and oxygen atoms in total. The third kappa shape index (κ3) is 4.37. The monoisotopic (exact) mass is 356 g/mol. The molecule has 2 rings (SSSR count). The van der Waals surface area contributed by atoms with Gasteiger partial charge >= 0.3 is 0 Å². The first kappa shape index (κ1) is 16.6. The predicted molar refractivity (Wildman–Crippen MR) is 87.2 cm³/mol. The van der Waals surface area contributed by atoms with Crippen molar-refractivity contribution in [3.8, 4) is 0 Å². The molecular formula is C15H11Cl3N2O2. The van der Waals surface area contributed by atoms with E-state index >= 15 is 0 Å². The molecule has 0 spiro atoms. The van der Waals surface area contributed by atoms with Gasteiger partial charge in [-0.05, 0) is 35.9 Å². The molecular weight excluding hydrogens is 347 g/mol. The molecule has 0 radical (unpaired) electrons. The fraction of sp³-hybridized carbons (Fsp3) is 0.0667. The fourth-order valence-electron chi connectivity index (χ4n) is 1.73. The van der Waals surface area contributed by atoms with Crippen molar-refractivity contribution < 1.29 is 9.59 Å². The number of nitrogens with one attached hydrogen (secondary N) is 2. The first-order valence-electron chi connectivity index (χ1n) is 6.25. The first-order valence-corrected chi connectivity index (χ1v) is 7.38. The van der Waals surface area contributed by atoms with Crippen LogP contribution in [0.5, 0.6) is 0 Å². The number of hydrazine groups is 1. The van der Waals surface area contributed by atoms with Gasteiger partial charge in [-0.15, -0.1) is 0 Å². The summed E-state index contributed by atoms with van der Waals surface area (Å²) in [5, 5.41) is 1.22. The lowest BCUT2D eigenvalue weighted by molar-refractivity contribution is -0.121. The van der Waals surface area contributed by atoms with E-state index in [2.05, 4.69) is 10.9 Å². The summed E-state index contributed by atoms with van der Waals surface area (Å²) in [6, 6.07) is 11.3. The zero-order chi connectivity index (χ0) is 16.1. The van der Waals surface area contributed by atoms with Gasteiger partial charge in [-0.25, -0.2) is 0 Å². The zero-order valence-corrected chi connectivity index (χ0v) is 13.5. The topological polar surface area (TPSA) is 58.2 Å². The lowest BCUT2D eigenvalue weighted by Gasteiger charge is -2.09. The smallest absolute Gasteiger partial charge is 0.269 e. The van der Waals surface area contributed by atoms with Crippen molar-refractivity contribution in [2.45, 2.75) is 6.42 Å². The Balaban J connectivity index is 1.94. The summed E-state index contributed by atoms with van der Waals surface area (Å²) in [5.74, 6) is -0.911. The highest BCUT2D eigenvalue weighted by molar-refractivity contribution is 6.36. The second-order valence-electron chi connectivity index (χ2n) is 4.39. The van der Waals surface area contributed by atoms with Crippen LogP contribution in [0.25, 0.3) is 0 Å². The Bertz CT molecular complexity index is 699. The van der Waals surface area contributed by atoms with Gasteiger partial charge in [0.15, 0.2) is 0 Å². The van der Waals surface area contributed by atoms with E-state index in [0.29, 0.717) is 26.2 Å². The molecule has 0 atom stereocenters. The lowest BCUT2D eigenvalue weighted by atomic mass is 10.1. The maximum atomic E-state index is 11.9. The maximum Gasteiger partial charge on any atom is 0.269 e. The van der Waals surface area contributed by atoms with Gasteiger partial charge in [-0.1, -0.05) is 46.9 Å². The van der Waals surface area contributed by atoms with E-state index in [1.807, 2.05) is 0 Å². The Morgan fingerprint density at radius 1 is 0.909 bits per heavy atom. The van der Waals surface area contributed by atoms with E-state index in [1.54, 1.807) is 36.4 Å². The van der Waals surface area contributed by atoms with Crippen LogP contribution in [-0.2, 0) is 11.2 Å². The highest BCUT2D eigenvalue weighted by atomic mass is 35.5. The van der Waals surface area contributed by atoms with Gasteiger partial charge in [0.05, 0.1) is 6.42 Å². The van der Waals surface area contributed by atoms with Crippen LogP contribution in [0, 0.1) is 0 Å². The normalized spacial score (nSPS) is 10.1. The van der Waals surface area contributed by atoms with Crippen molar-refractivity contribution in [2.24, 2.45) is 0 Å². The number of carbonyl (C=O) groups is 2. The summed E-state index contributed by atoms with van der Waals surface area (Å²) in [6.45, 7) is 0. The van der Waals surface area contributed by atoms with Crippen molar-refractivity contribution in [2.75, 3.05) is 0 Å². The minimum Gasteiger partial charge on any atom is -0.273 e. The van der Waals surface area contributed by atoms with Crippen LogP contribution in [0.1, 0.15) is 15.9 Å². The summed E-state index contributed by atoms with van der Waals surface area (Å²) in [5.41, 5.74) is 5.44. The number of rotatable bonds is 3. The van der Waals surface area contributed by atoms with Crippen molar-refractivity contribution in [1.29, 1.82) is 0 Å². The molecule has 0 heterocycles. The second kappa shape index (κ2) is 7.49. The molecule has 2 aromatic rings. The van der Waals surface area contributed by atoms with Crippen molar-refractivity contribution >= 4 is 46.6 Å². The molecule has 0 saturated carbocycles. The third-order valence-corrected chi connectivity index (χ3v) is 3.74. The molecule has 0 aromatic heterocycles. The van der Waals surface area contributed by atoms with E-state index in [-0.39, 0.29) is 6.42 Å². The van der Waals surface area contributed by atoms with Crippen LogP contribution in [0.2, 0.25) is 15.1 Å². The van der Waals surface area contributed by atoms with Gasteiger partial charge in [-0.2, -0.15) is 0 Å². The fourth-order valence-corrected chi connectivity index (χ4v) is 2.46. The summed E-state index contributed by atoms with van der Waals surface area (Å²) in [6.07, 6.45) is -0.0473. The van der Waals surface area contributed by atoms with E-state index in [4.69, 9.17) is 34.8 Å². The number of amides is 2. The summed E-state index contributed by atoms with van der Waals surface area (Å²) in [4.78, 5) is 23.7. The molecule has 2 aromatic carbocycles. The molecule has 0 aliphatic heterocycles. The summed E-state index contributed by atoms with van der Waals surface area (Å²) >= 11 is 17.8. The van der Waals surface area contributed by atoms with Crippen LogP contribution in [0.15, 0.2) is 42.5 Å². The van der Waals surface area contributed by atoms with Gasteiger partial charge in [0.25, 0.3) is 5.91 Å². The molecule has 0 aliphatic carbocycles. The number of benzene rings is 2. The quantitative estimate of drug-likeness (QED) is 0.824. The van der Waals surface area contributed by atoms with Gasteiger partial charge in [0, 0.05) is 20.6 Å². The molecule has 22 heavy (non-hydrogen) atoms. The molecule has 0 saturated heterocycles. The molecule has 0 fully saturated rings. The minimum atomic E-state index is -0.471. The first-order chi connectivity index (χ1) is 10.5. The summed E-state index contributed by atoms with van der Waals surface area (Å²) in [7, 11) is 0. The Morgan fingerprint density at radius 3 is 2.18 bits per heavy atom. The number of hydrogen-bond donors (Lipinski definition) is 2. The molecule has 0 aliphatic rings. The minimum absolute atomic E-state index is 0.0473. The lowest BCUT2D eigenvalue weighted by Crippen LogP contribution is -2.42. The molecule has 0 unspecified atom stereocenters. The average Bonchev–Trinajstić information content (AvgIpc) is 2.48. The SMILES string of the molecule is O=C(Cc1c(Cl)cccc1Cl)NNC(=O)c1cccc(Cl)c1. The van der Waals surface area contributed by atoms with Gasteiger partial charge in [0.2, 0.25) is 5.91 Å². The Kier molecular flexibility index (Phi) is 5.66. The van der Waals surface area contributed by atoms with Crippen LogP contribution in [0.3, 0.4) is 0 Å². The van der Waals surface area contributed by atoms with E-state index in [9.17, 15) is 9.59 Å². The molecule has 7 heteroatoms. The number of halogens is 3. The van der Waals surface area contributed by atoms with E-state index in [0.717, 1.165) is 0 Å². The maximum absolute atomic E-state index is 11.9. The number of carbonyl (C=O) groups excluding carboxylic acids is 2. The molecule has 0 bridgehead atoms. The van der Waals surface area contributed by atoms with Crippen molar-refractivity contribution in [3.05, 3.63) is 68.7 Å². The Labute approximate surface area is 142 Å². The second-order valence-corrected chi connectivity index (χ2v) is 5.64. The van der Waals surface area contributed by atoms with Crippen LogP contribution in [-0.4, -0.2) is 11.8 Å². The number of hydrogen-bond acceptors (Lipinski definition) is 2. The van der Waals surface area contributed by atoms with Crippen molar-refractivity contribution in [1.82, 2.24) is 10.9 Å². The highest BCUT2D eigenvalue weighted by Crippen LogP contribution is 2.24. The summed E-state index contributed by atoms with van der Waals surface area (Å²) < 4.78 is 0. The average molecular weight is 358 g/mol. The largest absolute Gasteiger partial charge is 0.273 e. The Morgan fingerprint density at radius 2 is 1.55 bits per heavy atom. The highest BCUT2D eigenvalue weighted by Gasteiger charge is 2.12. The molecule has 2 amide bonds.